The summed E-state index contributed by atoms with van der Waals surface area (Å²) in [7, 11) is -0.826. The fourth-order valence-corrected chi connectivity index (χ4v) is 2.18. The molecule has 0 amide bonds. The zero-order valence-electron chi connectivity index (χ0n) is 10.4. The largest absolute Gasteiger partial charge is 0.314 e. The Labute approximate surface area is 99.3 Å². The van der Waals surface area contributed by atoms with Crippen molar-refractivity contribution in [3.8, 4) is 0 Å². The van der Waals surface area contributed by atoms with Gasteiger partial charge in [-0.25, -0.2) is 8.42 Å². The molecule has 1 fully saturated rings. The lowest BCUT2D eigenvalue weighted by Gasteiger charge is -2.15. The highest BCUT2D eigenvalue weighted by Gasteiger charge is 2.19. The first kappa shape index (κ1) is 13.9. The Morgan fingerprint density at radius 1 is 1.25 bits per heavy atom. The lowest BCUT2D eigenvalue weighted by Crippen LogP contribution is -2.27. The summed E-state index contributed by atoms with van der Waals surface area (Å²) in [5, 5.41) is 3.47. The molecule has 0 unspecified atom stereocenters. The number of rotatable bonds is 9. The first-order chi connectivity index (χ1) is 7.47. The molecule has 0 aromatic rings. The molecule has 0 heterocycles. The quantitative estimate of drug-likeness (QED) is 0.604. The van der Waals surface area contributed by atoms with Crippen molar-refractivity contribution in [2.24, 2.45) is 0 Å². The topological polar surface area (TPSA) is 49.4 Å². The van der Waals surface area contributed by atoms with Crippen molar-refractivity contribution in [3.63, 3.8) is 0 Å². The molecule has 1 aliphatic rings. The van der Waals surface area contributed by atoms with Crippen LogP contribution in [0.4, 0.5) is 0 Å². The Morgan fingerprint density at radius 3 is 2.50 bits per heavy atom. The van der Waals surface area contributed by atoms with E-state index in [1.54, 1.807) is 0 Å². The Hall–Kier alpha value is -0.130. The van der Waals surface area contributed by atoms with Gasteiger partial charge in [-0.2, -0.15) is 0 Å². The van der Waals surface area contributed by atoms with E-state index in [9.17, 15) is 8.42 Å². The monoisotopic (exact) mass is 248 g/mol. The first-order valence-electron chi connectivity index (χ1n) is 6.07. The minimum atomic E-state index is -2.81. The Bertz CT molecular complexity index is 286. The van der Waals surface area contributed by atoms with Crippen LogP contribution in [0.3, 0.4) is 0 Å². The Balaban J connectivity index is 1.90. The van der Waals surface area contributed by atoms with Crippen molar-refractivity contribution in [2.75, 3.05) is 38.7 Å². The zero-order valence-corrected chi connectivity index (χ0v) is 11.2. The standard InChI is InChI=1S/C11H24N2O2S/c1-13(9-10-16(2,14)15)8-4-3-7-12-11-5-6-11/h11-12H,3-10H2,1-2H3. The van der Waals surface area contributed by atoms with Crippen molar-refractivity contribution in [2.45, 2.75) is 31.7 Å². The molecule has 16 heavy (non-hydrogen) atoms. The minimum Gasteiger partial charge on any atom is -0.314 e. The highest BCUT2D eigenvalue weighted by atomic mass is 32.2. The molecule has 0 aliphatic heterocycles. The Morgan fingerprint density at radius 2 is 1.94 bits per heavy atom. The summed E-state index contributed by atoms with van der Waals surface area (Å²) >= 11 is 0. The van der Waals surface area contributed by atoms with Crippen molar-refractivity contribution >= 4 is 9.84 Å². The molecule has 4 nitrogen and oxygen atoms in total. The molecule has 1 N–H and O–H groups in total. The summed E-state index contributed by atoms with van der Waals surface area (Å²) in [6.07, 6.45) is 6.29. The molecule has 0 saturated heterocycles. The molecule has 1 rings (SSSR count). The summed E-state index contributed by atoms with van der Waals surface area (Å²) < 4.78 is 21.9. The number of unbranched alkanes of at least 4 members (excludes halogenated alkanes) is 1. The van der Waals surface area contributed by atoms with Crippen molar-refractivity contribution < 1.29 is 8.42 Å². The van der Waals surface area contributed by atoms with Gasteiger partial charge in [0.1, 0.15) is 9.84 Å². The number of sulfone groups is 1. The van der Waals surface area contributed by atoms with Crippen LogP contribution in [-0.4, -0.2) is 58.1 Å². The molecule has 0 atom stereocenters. The van der Waals surface area contributed by atoms with Gasteiger partial charge in [0.2, 0.25) is 0 Å². The minimum absolute atomic E-state index is 0.268. The lowest BCUT2D eigenvalue weighted by molar-refractivity contribution is 0.342. The van der Waals surface area contributed by atoms with Crippen LogP contribution in [0, 0.1) is 0 Å². The van der Waals surface area contributed by atoms with Gasteiger partial charge in [-0.3, -0.25) is 0 Å². The summed E-state index contributed by atoms with van der Waals surface area (Å²) in [5.41, 5.74) is 0. The maximum absolute atomic E-state index is 11.0. The van der Waals surface area contributed by atoms with Crippen molar-refractivity contribution in [1.29, 1.82) is 0 Å². The fourth-order valence-electron chi connectivity index (χ4n) is 1.53. The van der Waals surface area contributed by atoms with E-state index < -0.39 is 9.84 Å². The summed E-state index contributed by atoms with van der Waals surface area (Å²) in [5.74, 6) is 0.268. The highest BCUT2D eigenvalue weighted by molar-refractivity contribution is 7.90. The van der Waals surface area contributed by atoms with E-state index in [1.165, 1.54) is 25.5 Å². The highest BCUT2D eigenvalue weighted by Crippen LogP contribution is 2.18. The van der Waals surface area contributed by atoms with Gasteiger partial charge in [-0.15, -0.1) is 0 Å². The predicted octanol–water partition coefficient (Wildman–Crippen LogP) is 0.495. The van der Waals surface area contributed by atoms with Crippen LogP contribution in [0.2, 0.25) is 0 Å². The van der Waals surface area contributed by atoms with E-state index in [0.717, 1.165) is 25.6 Å². The summed E-state index contributed by atoms with van der Waals surface area (Å²) in [6.45, 7) is 2.74. The van der Waals surface area contributed by atoms with Gasteiger partial charge in [-0.05, 0) is 45.8 Å². The predicted molar refractivity (Wildman–Crippen MR) is 67.5 cm³/mol. The van der Waals surface area contributed by atoms with E-state index in [1.807, 2.05) is 7.05 Å². The molecule has 96 valence electrons. The van der Waals surface area contributed by atoms with Gasteiger partial charge < -0.3 is 10.2 Å². The third-order valence-corrected chi connectivity index (χ3v) is 3.74. The smallest absolute Gasteiger partial charge is 0.148 e. The third kappa shape index (κ3) is 8.07. The van der Waals surface area contributed by atoms with E-state index in [4.69, 9.17) is 0 Å². The van der Waals surface area contributed by atoms with Gasteiger partial charge in [0.15, 0.2) is 0 Å². The molecule has 1 aliphatic carbocycles. The zero-order chi connectivity index (χ0) is 12.0. The van der Waals surface area contributed by atoms with Gasteiger partial charge in [0, 0.05) is 18.8 Å². The van der Waals surface area contributed by atoms with Crippen molar-refractivity contribution in [3.05, 3.63) is 0 Å². The number of nitrogens with one attached hydrogen (secondary N) is 1. The summed E-state index contributed by atoms with van der Waals surface area (Å²) in [6, 6.07) is 0.794. The van der Waals surface area contributed by atoms with Gasteiger partial charge in [-0.1, -0.05) is 0 Å². The SMILES string of the molecule is CN(CCCCNC1CC1)CCS(C)(=O)=O. The molecular weight excluding hydrogens is 224 g/mol. The van der Waals surface area contributed by atoms with E-state index in [0.29, 0.717) is 6.54 Å². The first-order valence-corrected chi connectivity index (χ1v) is 8.13. The van der Waals surface area contributed by atoms with Crippen LogP contribution in [0.5, 0.6) is 0 Å². The molecule has 0 radical (unpaired) electrons. The average Bonchev–Trinajstić information content (AvgIpc) is 2.97. The van der Waals surface area contributed by atoms with E-state index >= 15 is 0 Å². The van der Waals surface area contributed by atoms with Gasteiger partial charge in [0.05, 0.1) is 5.75 Å². The van der Waals surface area contributed by atoms with Crippen LogP contribution in [0.25, 0.3) is 0 Å². The molecule has 0 aromatic carbocycles. The second kappa shape index (κ2) is 6.57. The normalized spacial score (nSPS) is 16.9. The lowest BCUT2D eigenvalue weighted by atomic mass is 10.3. The molecular formula is C11H24N2O2S. The molecule has 0 spiro atoms. The Kier molecular flexibility index (Phi) is 5.72. The second-order valence-corrected chi connectivity index (χ2v) is 7.13. The molecule has 1 saturated carbocycles. The molecule has 0 bridgehead atoms. The second-order valence-electron chi connectivity index (χ2n) is 4.87. The van der Waals surface area contributed by atoms with E-state index in [2.05, 4.69) is 10.2 Å². The number of hydrogen-bond acceptors (Lipinski definition) is 4. The summed E-state index contributed by atoms with van der Waals surface area (Å²) in [4.78, 5) is 2.10. The van der Waals surface area contributed by atoms with Crippen molar-refractivity contribution in [1.82, 2.24) is 10.2 Å². The number of nitrogens with zero attached hydrogens (tertiary/aromatic N) is 1. The van der Waals surface area contributed by atoms with Crippen LogP contribution >= 0.6 is 0 Å². The van der Waals surface area contributed by atoms with Gasteiger partial charge in [0.25, 0.3) is 0 Å². The van der Waals surface area contributed by atoms with E-state index in [-0.39, 0.29) is 5.75 Å². The molecule has 5 heteroatoms. The third-order valence-electron chi connectivity index (χ3n) is 2.82. The van der Waals surface area contributed by atoms with Gasteiger partial charge >= 0.3 is 0 Å². The molecule has 0 aromatic heterocycles. The van der Waals surface area contributed by atoms with Crippen LogP contribution in [0.1, 0.15) is 25.7 Å². The maximum Gasteiger partial charge on any atom is 0.148 e. The van der Waals surface area contributed by atoms with Crippen LogP contribution < -0.4 is 5.32 Å². The number of hydrogen-bond donors (Lipinski definition) is 1. The van der Waals surface area contributed by atoms with Crippen LogP contribution in [0.15, 0.2) is 0 Å². The fraction of sp³-hybridized carbons (Fsp3) is 1.00. The maximum atomic E-state index is 11.0. The van der Waals surface area contributed by atoms with Crippen LogP contribution in [-0.2, 0) is 9.84 Å². The average molecular weight is 248 g/mol.